The molecule has 8 heteroatoms. The number of hydrogen-bond acceptors (Lipinski definition) is 2. The molecule has 2 rings (SSSR count). The highest BCUT2D eigenvalue weighted by molar-refractivity contribution is 5.92. The van der Waals surface area contributed by atoms with Crippen molar-refractivity contribution in [2.24, 2.45) is 5.11 Å². The fourth-order valence-electron chi connectivity index (χ4n) is 1.68. The van der Waals surface area contributed by atoms with Gasteiger partial charge in [0, 0.05) is 10.5 Å². The topological polar surface area (TPSA) is 79.0 Å². The van der Waals surface area contributed by atoms with Crippen LogP contribution in [0.3, 0.4) is 0 Å². The highest BCUT2D eigenvalue weighted by atomic mass is 19.4. The first kappa shape index (κ1) is 15.4. The molecule has 0 spiro atoms. The van der Waals surface area contributed by atoms with E-state index in [-0.39, 0.29) is 17.1 Å². The maximum Gasteiger partial charge on any atom is 0.416 e. The van der Waals surface area contributed by atoms with E-state index in [1.165, 1.54) is 30.3 Å². The van der Waals surface area contributed by atoms with Gasteiger partial charge in [0.15, 0.2) is 0 Å². The van der Waals surface area contributed by atoms with E-state index >= 15 is 0 Å². The molecule has 1 aromatic heterocycles. The number of amides is 1. The number of benzene rings is 1. The van der Waals surface area contributed by atoms with Gasteiger partial charge in [0.05, 0.1) is 5.56 Å². The minimum Gasteiger partial charge on any atom is -0.457 e. The fraction of sp³-hybridized carbons (Fsp3) is 0.0714. The van der Waals surface area contributed by atoms with Crippen LogP contribution in [0.1, 0.15) is 11.3 Å². The number of furan rings is 1. The van der Waals surface area contributed by atoms with Gasteiger partial charge in [0.1, 0.15) is 11.5 Å². The van der Waals surface area contributed by atoms with E-state index < -0.39 is 17.6 Å². The van der Waals surface area contributed by atoms with E-state index in [1.54, 1.807) is 0 Å². The third kappa shape index (κ3) is 3.77. The molecule has 0 N–H and O–H groups in total. The highest BCUT2D eigenvalue weighted by Crippen LogP contribution is 2.32. The summed E-state index contributed by atoms with van der Waals surface area (Å²) in [5.74, 6) is -0.338. The molecule has 1 heterocycles. The number of hydrogen-bond donors (Lipinski definition) is 0. The Bertz CT molecular complexity index is 772. The average molecular weight is 307 g/mol. The van der Waals surface area contributed by atoms with Crippen molar-refractivity contribution in [1.29, 1.82) is 0 Å². The lowest BCUT2D eigenvalue weighted by Crippen LogP contribution is -2.04. The lowest BCUT2D eigenvalue weighted by Gasteiger charge is -2.07. The Balaban J connectivity index is 2.25. The summed E-state index contributed by atoms with van der Waals surface area (Å²) < 4.78 is 43.3. The van der Waals surface area contributed by atoms with Gasteiger partial charge in [0.25, 0.3) is 0 Å². The van der Waals surface area contributed by atoms with Crippen LogP contribution in [0.25, 0.3) is 27.8 Å². The molecule has 1 aromatic carbocycles. The second-order valence-electron chi connectivity index (χ2n) is 4.14. The van der Waals surface area contributed by atoms with E-state index in [1.807, 2.05) is 0 Å². The molecular formula is C14H8F3N3O2. The Morgan fingerprint density at radius 2 is 2.05 bits per heavy atom. The molecule has 0 aliphatic rings. The van der Waals surface area contributed by atoms with E-state index in [9.17, 15) is 18.0 Å². The average Bonchev–Trinajstić information content (AvgIpc) is 2.94. The third-order valence-electron chi connectivity index (χ3n) is 2.63. The SMILES string of the molecule is [N-]=[N+]=NC(=O)/C=C/c1ccc(-c2cccc(C(F)(F)F)c2)o1. The molecule has 0 aliphatic heterocycles. The second kappa shape index (κ2) is 6.19. The minimum atomic E-state index is -4.44. The summed E-state index contributed by atoms with van der Waals surface area (Å²) in [7, 11) is 0. The maximum atomic E-state index is 12.7. The van der Waals surface area contributed by atoms with Crippen LogP contribution in [0.2, 0.25) is 0 Å². The monoisotopic (exact) mass is 307 g/mol. The van der Waals surface area contributed by atoms with Crippen molar-refractivity contribution in [2.75, 3.05) is 0 Å². The van der Waals surface area contributed by atoms with Crippen LogP contribution in [0.4, 0.5) is 13.2 Å². The summed E-state index contributed by atoms with van der Waals surface area (Å²) in [6, 6.07) is 7.65. The summed E-state index contributed by atoms with van der Waals surface area (Å²) in [4.78, 5) is 13.3. The molecule has 2 aromatic rings. The minimum absolute atomic E-state index is 0.224. The number of halogens is 3. The van der Waals surface area contributed by atoms with Crippen LogP contribution in [0.15, 0.2) is 52.0 Å². The molecule has 22 heavy (non-hydrogen) atoms. The lowest BCUT2D eigenvalue weighted by molar-refractivity contribution is -0.137. The van der Waals surface area contributed by atoms with E-state index in [0.29, 0.717) is 0 Å². The summed E-state index contributed by atoms with van der Waals surface area (Å²) in [5.41, 5.74) is 7.55. The first-order valence-corrected chi connectivity index (χ1v) is 5.95. The van der Waals surface area contributed by atoms with Gasteiger partial charge in [-0.15, -0.1) is 0 Å². The van der Waals surface area contributed by atoms with E-state index in [0.717, 1.165) is 18.2 Å². The summed E-state index contributed by atoms with van der Waals surface area (Å²) in [6.07, 6.45) is -2.18. The zero-order valence-electron chi connectivity index (χ0n) is 10.9. The van der Waals surface area contributed by atoms with Crippen LogP contribution in [0, 0.1) is 0 Å². The quantitative estimate of drug-likeness (QED) is 0.353. The van der Waals surface area contributed by atoms with Gasteiger partial charge >= 0.3 is 6.18 Å². The standard InChI is InChI=1S/C14H8F3N3O2/c15-14(16,17)10-3-1-2-9(8-10)12-6-4-11(22-12)5-7-13(21)19-20-18/h1-8H/b7-5+. The number of rotatable bonds is 3. The number of alkyl halides is 3. The van der Waals surface area contributed by atoms with Gasteiger partial charge in [-0.25, -0.2) is 0 Å². The molecule has 0 saturated carbocycles. The largest absolute Gasteiger partial charge is 0.457 e. The van der Waals surface area contributed by atoms with Gasteiger partial charge in [-0.05, 0) is 47.1 Å². The molecule has 0 fully saturated rings. The van der Waals surface area contributed by atoms with E-state index in [2.05, 4.69) is 10.0 Å². The summed E-state index contributed by atoms with van der Waals surface area (Å²) in [5, 5.41) is 2.83. The number of carbonyl (C=O) groups excluding carboxylic acids is 1. The maximum absolute atomic E-state index is 12.7. The molecule has 0 atom stereocenters. The van der Waals surface area contributed by atoms with Crippen LogP contribution in [-0.4, -0.2) is 5.91 Å². The zero-order valence-corrected chi connectivity index (χ0v) is 10.9. The van der Waals surface area contributed by atoms with Gasteiger partial charge in [-0.1, -0.05) is 12.1 Å². The van der Waals surface area contributed by atoms with E-state index in [4.69, 9.17) is 9.95 Å². The first-order chi connectivity index (χ1) is 10.4. The fourth-order valence-corrected chi connectivity index (χ4v) is 1.68. The molecular weight excluding hydrogens is 299 g/mol. The van der Waals surface area contributed by atoms with Crippen molar-refractivity contribution < 1.29 is 22.4 Å². The molecule has 0 bridgehead atoms. The van der Waals surface area contributed by atoms with Crippen LogP contribution < -0.4 is 0 Å². The molecule has 0 saturated heterocycles. The zero-order chi connectivity index (χ0) is 16.2. The van der Waals surface area contributed by atoms with Gasteiger partial charge in [0.2, 0.25) is 5.91 Å². The van der Waals surface area contributed by atoms with Crippen LogP contribution in [0.5, 0.6) is 0 Å². The predicted molar refractivity (Wildman–Crippen MR) is 72.3 cm³/mol. The Morgan fingerprint density at radius 1 is 1.27 bits per heavy atom. The molecule has 5 nitrogen and oxygen atoms in total. The van der Waals surface area contributed by atoms with Gasteiger partial charge in [-0.3, -0.25) is 4.79 Å². The lowest BCUT2D eigenvalue weighted by atomic mass is 10.1. The third-order valence-corrected chi connectivity index (χ3v) is 2.63. The predicted octanol–water partition coefficient (Wildman–Crippen LogP) is 4.82. The highest BCUT2D eigenvalue weighted by Gasteiger charge is 2.30. The normalized spacial score (nSPS) is 11.4. The van der Waals surface area contributed by atoms with Crippen molar-refractivity contribution in [3.8, 4) is 11.3 Å². The Morgan fingerprint density at radius 3 is 2.73 bits per heavy atom. The first-order valence-electron chi connectivity index (χ1n) is 5.95. The second-order valence-corrected chi connectivity index (χ2v) is 4.14. The molecule has 0 aliphatic carbocycles. The van der Waals surface area contributed by atoms with Gasteiger partial charge in [-0.2, -0.15) is 13.2 Å². The Hall–Kier alpha value is -2.99. The van der Waals surface area contributed by atoms with Crippen molar-refractivity contribution in [1.82, 2.24) is 0 Å². The van der Waals surface area contributed by atoms with Crippen molar-refractivity contribution in [2.45, 2.75) is 6.18 Å². The van der Waals surface area contributed by atoms with Crippen LogP contribution in [-0.2, 0) is 11.0 Å². The number of carbonyl (C=O) groups is 1. The summed E-state index contributed by atoms with van der Waals surface area (Å²) >= 11 is 0. The molecule has 112 valence electrons. The molecule has 0 unspecified atom stereocenters. The van der Waals surface area contributed by atoms with Crippen molar-refractivity contribution in [3.63, 3.8) is 0 Å². The van der Waals surface area contributed by atoms with Crippen LogP contribution >= 0.6 is 0 Å². The Kier molecular flexibility index (Phi) is 4.33. The van der Waals surface area contributed by atoms with Gasteiger partial charge < -0.3 is 4.42 Å². The smallest absolute Gasteiger partial charge is 0.416 e. The number of azide groups is 1. The molecule has 1 amide bonds. The molecule has 0 radical (unpaired) electrons. The number of nitrogens with zero attached hydrogens (tertiary/aromatic N) is 3. The summed E-state index contributed by atoms with van der Waals surface area (Å²) in [6.45, 7) is 0. The van der Waals surface area contributed by atoms with Crippen molar-refractivity contribution >= 4 is 12.0 Å². The Labute approximate surface area is 122 Å². The van der Waals surface area contributed by atoms with Crippen molar-refractivity contribution in [3.05, 3.63) is 64.2 Å².